The van der Waals surface area contributed by atoms with Gasteiger partial charge in [-0.25, -0.2) is 24.5 Å². The predicted octanol–water partition coefficient (Wildman–Crippen LogP) is 3.67. The highest BCUT2D eigenvalue weighted by molar-refractivity contribution is 7.53. The summed E-state index contributed by atoms with van der Waals surface area (Å²) < 4.78 is 49.2. The lowest BCUT2D eigenvalue weighted by Crippen LogP contribution is -2.20. The van der Waals surface area contributed by atoms with Crippen molar-refractivity contribution in [3.05, 3.63) is 12.7 Å². The van der Waals surface area contributed by atoms with Gasteiger partial charge >= 0.3 is 19.9 Å². The van der Waals surface area contributed by atoms with Crippen LogP contribution in [-0.4, -0.2) is 70.6 Å². The van der Waals surface area contributed by atoms with Gasteiger partial charge in [-0.1, -0.05) is 13.8 Å². The topological polar surface area (TPSA) is 185 Å². The molecule has 0 amide bonds. The van der Waals surface area contributed by atoms with Crippen molar-refractivity contribution in [1.29, 1.82) is 0 Å². The number of ether oxygens (including phenoxy) is 5. The maximum Gasteiger partial charge on any atom is 0.510 e. The fourth-order valence-electron chi connectivity index (χ4n) is 2.39. The fourth-order valence-corrected chi connectivity index (χ4v) is 3.48. The van der Waals surface area contributed by atoms with Crippen LogP contribution < -0.4 is 5.73 Å². The maximum atomic E-state index is 13.0. The summed E-state index contributed by atoms with van der Waals surface area (Å²) in [7, 11) is -4.04. The number of carbonyl (C=O) groups is 2. The zero-order valence-electron chi connectivity index (χ0n) is 21.2. The molecule has 1 unspecified atom stereocenters. The molecule has 0 saturated carbocycles. The van der Waals surface area contributed by atoms with E-state index < -0.39 is 52.0 Å². The van der Waals surface area contributed by atoms with E-state index in [1.165, 1.54) is 12.7 Å². The third kappa shape index (κ3) is 10.7. The number of carbonyl (C=O) groups excluding carboxylic acids is 2. The minimum absolute atomic E-state index is 0.0823. The van der Waals surface area contributed by atoms with E-state index in [1.54, 1.807) is 32.3 Å². The second-order valence-corrected chi connectivity index (χ2v) is 8.92. The molecule has 16 heteroatoms. The van der Waals surface area contributed by atoms with Gasteiger partial charge in [-0.15, -0.1) is 0 Å². The van der Waals surface area contributed by atoms with Gasteiger partial charge in [0.2, 0.25) is 13.6 Å². The van der Waals surface area contributed by atoms with Crippen LogP contribution in [0.1, 0.15) is 41.5 Å². The van der Waals surface area contributed by atoms with E-state index in [0.29, 0.717) is 11.2 Å². The zero-order chi connectivity index (χ0) is 27.1. The van der Waals surface area contributed by atoms with Gasteiger partial charge in [-0.2, -0.15) is 0 Å². The third-order valence-corrected chi connectivity index (χ3v) is 5.31. The fraction of sp³-hybridized carbons (Fsp3) is 0.650. The Morgan fingerprint density at radius 3 is 2.28 bits per heavy atom. The maximum absolute atomic E-state index is 13.0. The Hall–Kier alpha value is -3.00. The average Bonchev–Trinajstić information content (AvgIpc) is 3.23. The first-order valence-electron chi connectivity index (χ1n) is 11.2. The van der Waals surface area contributed by atoms with Crippen molar-refractivity contribution in [3.63, 3.8) is 0 Å². The molecule has 0 fully saturated rings. The van der Waals surface area contributed by atoms with Crippen LogP contribution in [-0.2, 0) is 43.8 Å². The van der Waals surface area contributed by atoms with E-state index in [-0.39, 0.29) is 19.0 Å². The summed E-state index contributed by atoms with van der Waals surface area (Å²) in [5.41, 5.74) is 6.72. The molecule has 0 aliphatic carbocycles. The molecular weight excluding hydrogens is 501 g/mol. The van der Waals surface area contributed by atoms with Gasteiger partial charge in [-0.3, -0.25) is 13.6 Å². The van der Waals surface area contributed by atoms with Crippen LogP contribution in [0.25, 0.3) is 11.2 Å². The molecule has 0 aliphatic rings. The number of imidazole rings is 1. The monoisotopic (exact) mass is 535 g/mol. The number of nitrogens with two attached hydrogens (primary N) is 1. The van der Waals surface area contributed by atoms with Crippen molar-refractivity contribution < 1.29 is 46.9 Å². The highest BCUT2D eigenvalue weighted by Crippen LogP contribution is 2.48. The Morgan fingerprint density at radius 2 is 1.67 bits per heavy atom. The molecule has 2 aromatic heterocycles. The summed E-state index contributed by atoms with van der Waals surface area (Å²) in [6.07, 6.45) is -0.703. The van der Waals surface area contributed by atoms with Crippen molar-refractivity contribution in [2.24, 2.45) is 0 Å². The number of anilines is 1. The van der Waals surface area contributed by atoms with Gasteiger partial charge in [-0.05, 0) is 27.7 Å². The first kappa shape index (κ1) is 31.0. The molecule has 15 nitrogen and oxygen atoms in total. The van der Waals surface area contributed by atoms with Gasteiger partial charge in [0.25, 0.3) is 0 Å². The predicted molar refractivity (Wildman–Crippen MR) is 127 cm³/mol. The van der Waals surface area contributed by atoms with E-state index >= 15 is 0 Å². The van der Waals surface area contributed by atoms with Crippen molar-refractivity contribution in [3.8, 4) is 0 Å². The summed E-state index contributed by atoms with van der Waals surface area (Å²) in [5.74, 6) is 0.237. The first-order valence-corrected chi connectivity index (χ1v) is 12.9. The number of nitrogens with zero attached hydrogens (tertiary/aromatic N) is 4. The smallest absolute Gasteiger partial charge is 0.435 e. The minimum atomic E-state index is -4.04. The zero-order valence-corrected chi connectivity index (χ0v) is 22.1. The molecule has 2 N–H and O–H groups in total. The normalized spacial score (nSPS) is 13.3. The largest absolute Gasteiger partial charge is 0.510 e. The first-order chi connectivity index (χ1) is 17.1. The Bertz CT molecular complexity index is 1000. The lowest BCUT2D eigenvalue weighted by molar-refractivity contribution is -0.0330. The number of nitrogen functional groups attached to an aromatic ring is 1. The van der Waals surface area contributed by atoms with E-state index in [1.807, 2.05) is 13.8 Å². The average molecular weight is 535 g/mol. The molecular formula is C20H34N5O10P. The molecule has 2 rings (SSSR count). The molecule has 2 heterocycles. The van der Waals surface area contributed by atoms with Crippen molar-refractivity contribution >= 4 is 36.9 Å². The molecule has 0 spiro atoms. The van der Waals surface area contributed by atoms with Crippen molar-refractivity contribution in [2.45, 2.75) is 60.3 Å². The quantitative estimate of drug-likeness (QED) is 0.222. The van der Waals surface area contributed by atoms with Gasteiger partial charge in [0.1, 0.15) is 18.2 Å². The second kappa shape index (κ2) is 15.9. The molecule has 0 radical (unpaired) electrons. The van der Waals surface area contributed by atoms with Gasteiger partial charge in [0.05, 0.1) is 31.7 Å². The summed E-state index contributed by atoms with van der Waals surface area (Å²) in [6, 6.07) is 0. The lowest BCUT2D eigenvalue weighted by atomic mass is 10.4. The summed E-state index contributed by atoms with van der Waals surface area (Å²) in [4.78, 5) is 35.0. The Kier molecular flexibility index (Phi) is 13.7. The van der Waals surface area contributed by atoms with Crippen LogP contribution >= 0.6 is 7.60 Å². The Labute approximate surface area is 209 Å². The second-order valence-electron chi connectivity index (χ2n) is 6.93. The summed E-state index contributed by atoms with van der Waals surface area (Å²) in [6.45, 7) is 9.40. The van der Waals surface area contributed by atoms with Gasteiger partial charge < -0.3 is 34.0 Å². The van der Waals surface area contributed by atoms with Crippen LogP contribution in [0.5, 0.6) is 0 Å². The molecule has 204 valence electrons. The summed E-state index contributed by atoms with van der Waals surface area (Å²) in [5, 5.41) is 0. The highest BCUT2D eigenvalue weighted by Gasteiger charge is 2.28. The molecule has 0 saturated heterocycles. The van der Waals surface area contributed by atoms with E-state index in [0.717, 1.165) is 0 Å². The number of hydrogen-bond donors (Lipinski definition) is 1. The molecule has 0 aliphatic heterocycles. The summed E-state index contributed by atoms with van der Waals surface area (Å²) >= 11 is 0. The van der Waals surface area contributed by atoms with Crippen LogP contribution in [0.15, 0.2) is 12.7 Å². The van der Waals surface area contributed by atoms with E-state index in [2.05, 4.69) is 24.4 Å². The third-order valence-electron chi connectivity index (χ3n) is 3.85. The molecule has 2 aromatic rings. The standard InChI is InChI=1S/C18H28N5O10P.C2H6/c1-5-27-17(24)28-9-31-34(26,32-10-29-18(25)33-12(2)3)11-30-13(4)6-23-8-22-14-15(19)20-7-21-16(14)23;1-2/h7-8,12-13H,5-6,9-11H2,1-4H3,(H2,19,20,21);1-2H3/t13-,34?;/m1./s1. The van der Waals surface area contributed by atoms with Crippen molar-refractivity contribution in [2.75, 3.05) is 32.3 Å². The Morgan fingerprint density at radius 1 is 1.03 bits per heavy atom. The number of fused-ring (bicyclic) bond motifs is 1. The van der Waals surface area contributed by atoms with E-state index in [4.69, 9.17) is 29.0 Å². The van der Waals surface area contributed by atoms with Crippen LogP contribution in [0, 0.1) is 0 Å². The number of hydrogen-bond acceptors (Lipinski definition) is 14. The molecule has 0 aromatic carbocycles. The highest BCUT2D eigenvalue weighted by atomic mass is 31.2. The molecule has 0 bridgehead atoms. The number of aromatic nitrogens is 4. The lowest BCUT2D eigenvalue weighted by Gasteiger charge is -2.21. The Balaban J connectivity index is 0.00000316. The van der Waals surface area contributed by atoms with Crippen molar-refractivity contribution in [1.82, 2.24) is 19.5 Å². The SMILES string of the molecule is CC.CCOC(=O)OCOP(=O)(CO[C@H](C)Cn1cnc2c(N)ncnc21)OCOC(=O)OC(C)C. The van der Waals surface area contributed by atoms with Crippen LogP contribution in [0.3, 0.4) is 0 Å². The van der Waals surface area contributed by atoms with Gasteiger partial charge in [0.15, 0.2) is 11.5 Å². The number of rotatable bonds is 13. The van der Waals surface area contributed by atoms with Gasteiger partial charge in [0, 0.05) is 0 Å². The molecule has 36 heavy (non-hydrogen) atoms. The molecule has 2 atom stereocenters. The van der Waals surface area contributed by atoms with Crippen LogP contribution in [0.4, 0.5) is 15.4 Å². The van der Waals surface area contributed by atoms with E-state index in [9.17, 15) is 14.2 Å². The minimum Gasteiger partial charge on any atom is -0.435 e. The van der Waals surface area contributed by atoms with Crippen LogP contribution in [0.2, 0.25) is 0 Å².